The third kappa shape index (κ3) is 2.73. The van der Waals surface area contributed by atoms with Gasteiger partial charge in [-0.25, -0.2) is 4.98 Å². The van der Waals surface area contributed by atoms with Crippen LogP contribution in [0.15, 0.2) is 36.4 Å². The van der Waals surface area contributed by atoms with E-state index in [9.17, 15) is 0 Å². The molecule has 1 aliphatic heterocycles. The van der Waals surface area contributed by atoms with E-state index in [1.165, 1.54) is 35.6 Å². The number of hydrogen-bond acceptors (Lipinski definition) is 2. The highest BCUT2D eigenvalue weighted by Crippen LogP contribution is 2.40. The third-order valence-electron chi connectivity index (χ3n) is 4.79. The van der Waals surface area contributed by atoms with Crippen molar-refractivity contribution in [2.24, 2.45) is 7.05 Å². The molecule has 1 saturated carbocycles. The molecule has 0 N–H and O–H groups in total. The van der Waals surface area contributed by atoms with Gasteiger partial charge in [-0.05, 0) is 18.4 Å². The first-order valence-corrected chi connectivity index (χ1v) is 8.29. The van der Waals surface area contributed by atoms with E-state index in [0.29, 0.717) is 0 Å². The van der Waals surface area contributed by atoms with Crippen LogP contribution in [0.2, 0.25) is 0 Å². The van der Waals surface area contributed by atoms with Crippen LogP contribution in [-0.2, 0) is 20.0 Å². The second kappa shape index (κ2) is 5.73. The Balaban J connectivity index is 1.41. The maximum Gasteiger partial charge on any atom is 0.112 e. The van der Waals surface area contributed by atoms with Gasteiger partial charge >= 0.3 is 0 Å². The highest BCUT2D eigenvalue weighted by molar-refractivity contribution is 5.48. The Bertz CT molecular complexity index is 680. The molecule has 4 rings (SSSR count). The van der Waals surface area contributed by atoms with E-state index in [1.807, 2.05) is 0 Å². The summed E-state index contributed by atoms with van der Waals surface area (Å²) in [4.78, 5) is 7.42. The molecular formula is C19H23N3. The first kappa shape index (κ1) is 13.8. The van der Waals surface area contributed by atoms with Gasteiger partial charge in [0.15, 0.2) is 0 Å². The van der Waals surface area contributed by atoms with E-state index >= 15 is 0 Å². The molecule has 0 amide bonds. The van der Waals surface area contributed by atoms with Gasteiger partial charge in [0.25, 0.3) is 0 Å². The van der Waals surface area contributed by atoms with Crippen molar-refractivity contribution in [1.82, 2.24) is 14.5 Å². The van der Waals surface area contributed by atoms with Crippen LogP contribution < -0.4 is 0 Å². The van der Waals surface area contributed by atoms with Crippen molar-refractivity contribution >= 4 is 6.08 Å². The van der Waals surface area contributed by atoms with Gasteiger partial charge in [0.05, 0.1) is 5.69 Å². The van der Waals surface area contributed by atoms with Gasteiger partial charge < -0.3 is 4.57 Å². The highest BCUT2D eigenvalue weighted by atomic mass is 15.2. The van der Waals surface area contributed by atoms with Crippen LogP contribution in [0.3, 0.4) is 0 Å². The van der Waals surface area contributed by atoms with Crippen molar-refractivity contribution in [2.75, 3.05) is 13.1 Å². The smallest absolute Gasteiger partial charge is 0.112 e. The SMILES string of the molecule is Cn1c(C2CC2)nc2c1CCN(CC=Cc1ccccc1)C2. The lowest BCUT2D eigenvalue weighted by molar-refractivity contribution is 0.276. The molecule has 0 atom stereocenters. The predicted molar refractivity (Wildman–Crippen MR) is 89.6 cm³/mol. The van der Waals surface area contributed by atoms with E-state index < -0.39 is 0 Å². The fourth-order valence-electron chi connectivity index (χ4n) is 3.37. The molecule has 1 fully saturated rings. The molecule has 0 spiro atoms. The number of aromatic nitrogens is 2. The normalized spacial score (nSPS) is 18.8. The summed E-state index contributed by atoms with van der Waals surface area (Å²) in [6.07, 6.45) is 8.26. The summed E-state index contributed by atoms with van der Waals surface area (Å²) in [6, 6.07) is 10.5. The average molecular weight is 293 g/mol. The lowest BCUT2D eigenvalue weighted by Crippen LogP contribution is -2.31. The molecule has 1 aliphatic carbocycles. The summed E-state index contributed by atoms with van der Waals surface area (Å²) in [5.41, 5.74) is 4.04. The summed E-state index contributed by atoms with van der Waals surface area (Å²) in [6.45, 7) is 3.13. The zero-order valence-corrected chi connectivity index (χ0v) is 13.2. The summed E-state index contributed by atoms with van der Waals surface area (Å²) in [5.74, 6) is 2.06. The van der Waals surface area contributed by atoms with E-state index in [1.54, 1.807) is 0 Å². The molecule has 3 heteroatoms. The third-order valence-corrected chi connectivity index (χ3v) is 4.79. The van der Waals surface area contributed by atoms with Crippen LogP contribution in [0.1, 0.15) is 41.5 Å². The van der Waals surface area contributed by atoms with E-state index in [2.05, 4.69) is 59.0 Å². The summed E-state index contributed by atoms with van der Waals surface area (Å²) >= 11 is 0. The molecule has 0 unspecified atom stereocenters. The molecule has 0 radical (unpaired) electrons. The van der Waals surface area contributed by atoms with Crippen LogP contribution in [-0.4, -0.2) is 27.5 Å². The second-order valence-corrected chi connectivity index (χ2v) is 6.49. The fourth-order valence-corrected chi connectivity index (χ4v) is 3.37. The lowest BCUT2D eigenvalue weighted by atomic mass is 10.1. The fraction of sp³-hybridized carbons (Fsp3) is 0.421. The maximum atomic E-state index is 4.93. The van der Waals surface area contributed by atoms with Gasteiger partial charge in [-0.3, -0.25) is 4.90 Å². The van der Waals surface area contributed by atoms with Gasteiger partial charge in [-0.1, -0.05) is 42.5 Å². The molecule has 1 aromatic heterocycles. The molecule has 0 saturated heterocycles. The van der Waals surface area contributed by atoms with Crippen LogP contribution >= 0.6 is 0 Å². The Labute approximate surface area is 132 Å². The van der Waals surface area contributed by atoms with Crippen LogP contribution in [0.25, 0.3) is 6.08 Å². The van der Waals surface area contributed by atoms with Crippen molar-refractivity contribution < 1.29 is 0 Å². The molecule has 2 heterocycles. The minimum Gasteiger partial charge on any atom is -0.335 e. The molecule has 1 aromatic carbocycles. The number of nitrogens with zero attached hydrogens (tertiary/aromatic N) is 3. The van der Waals surface area contributed by atoms with E-state index in [0.717, 1.165) is 32.0 Å². The summed E-state index contributed by atoms with van der Waals surface area (Å²) in [5, 5.41) is 0. The predicted octanol–water partition coefficient (Wildman–Crippen LogP) is 3.37. The molecule has 114 valence electrons. The number of imidazole rings is 1. The van der Waals surface area contributed by atoms with Crippen LogP contribution in [0.4, 0.5) is 0 Å². The minimum absolute atomic E-state index is 0.738. The number of hydrogen-bond donors (Lipinski definition) is 0. The highest BCUT2D eigenvalue weighted by Gasteiger charge is 2.31. The average Bonchev–Trinajstić information content (AvgIpc) is 3.33. The topological polar surface area (TPSA) is 21.1 Å². The van der Waals surface area contributed by atoms with Crippen LogP contribution in [0.5, 0.6) is 0 Å². The van der Waals surface area contributed by atoms with Crippen molar-refractivity contribution in [1.29, 1.82) is 0 Å². The Morgan fingerprint density at radius 1 is 1.23 bits per heavy atom. The van der Waals surface area contributed by atoms with Gasteiger partial charge in [-0.2, -0.15) is 0 Å². The van der Waals surface area contributed by atoms with Gasteiger partial charge in [0.2, 0.25) is 0 Å². The molecule has 0 bridgehead atoms. The number of benzene rings is 1. The standard InChI is InChI=1S/C19H23N3/c1-21-18-11-13-22(12-5-8-15-6-3-2-4-7-15)14-17(18)20-19(21)16-9-10-16/h2-8,16H,9-14H2,1H3. The molecule has 2 aromatic rings. The first-order valence-electron chi connectivity index (χ1n) is 8.29. The molecule has 22 heavy (non-hydrogen) atoms. The number of rotatable bonds is 4. The maximum absolute atomic E-state index is 4.93. The van der Waals surface area contributed by atoms with E-state index in [4.69, 9.17) is 4.98 Å². The zero-order chi connectivity index (χ0) is 14.9. The monoisotopic (exact) mass is 293 g/mol. The Hall–Kier alpha value is -1.87. The van der Waals surface area contributed by atoms with Gasteiger partial charge in [-0.15, -0.1) is 0 Å². The Morgan fingerprint density at radius 2 is 2.05 bits per heavy atom. The Morgan fingerprint density at radius 3 is 2.82 bits per heavy atom. The molecule has 3 nitrogen and oxygen atoms in total. The largest absolute Gasteiger partial charge is 0.335 e. The van der Waals surface area contributed by atoms with E-state index in [-0.39, 0.29) is 0 Å². The quantitative estimate of drug-likeness (QED) is 0.862. The Kier molecular flexibility index (Phi) is 3.59. The summed E-state index contributed by atoms with van der Waals surface area (Å²) < 4.78 is 2.37. The lowest BCUT2D eigenvalue weighted by Gasteiger charge is -2.25. The zero-order valence-electron chi connectivity index (χ0n) is 13.2. The van der Waals surface area contributed by atoms with Crippen molar-refractivity contribution in [3.05, 3.63) is 59.2 Å². The van der Waals surface area contributed by atoms with Crippen LogP contribution in [0, 0.1) is 0 Å². The van der Waals surface area contributed by atoms with Crippen molar-refractivity contribution in [3.63, 3.8) is 0 Å². The first-order chi connectivity index (χ1) is 10.8. The van der Waals surface area contributed by atoms with Crippen molar-refractivity contribution in [2.45, 2.75) is 31.7 Å². The second-order valence-electron chi connectivity index (χ2n) is 6.49. The number of fused-ring (bicyclic) bond motifs is 1. The molecule has 2 aliphatic rings. The summed E-state index contributed by atoms with van der Waals surface area (Å²) in [7, 11) is 2.20. The van der Waals surface area contributed by atoms with Gasteiger partial charge in [0, 0.05) is 44.7 Å². The molecular weight excluding hydrogens is 270 g/mol. The van der Waals surface area contributed by atoms with Crippen molar-refractivity contribution in [3.8, 4) is 0 Å². The van der Waals surface area contributed by atoms with Gasteiger partial charge in [0.1, 0.15) is 5.82 Å². The minimum atomic E-state index is 0.738.